The molecule has 20 heavy (non-hydrogen) atoms. The van der Waals surface area contributed by atoms with E-state index in [9.17, 15) is 4.79 Å². The fourth-order valence-electron chi connectivity index (χ4n) is 1.69. The van der Waals surface area contributed by atoms with E-state index in [0.29, 0.717) is 6.54 Å². The molecule has 0 atom stereocenters. The van der Waals surface area contributed by atoms with Crippen LogP contribution in [0.25, 0.3) is 5.69 Å². The lowest BCUT2D eigenvalue weighted by Crippen LogP contribution is -2.20. The Morgan fingerprint density at radius 1 is 1.30 bits per heavy atom. The Morgan fingerprint density at radius 2 is 2.10 bits per heavy atom. The predicted octanol–water partition coefficient (Wildman–Crippen LogP) is 2.62. The van der Waals surface area contributed by atoms with Gasteiger partial charge >= 0.3 is 0 Å². The molecule has 1 N–H and O–H groups in total. The van der Waals surface area contributed by atoms with Gasteiger partial charge in [0.05, 0.1) is 5.69 Å². The van der Waals surface area contributed by atoms with Crippen molar-refractivity contribution in [1.29, 1.82) is 0 Å². The van der Waals surface area contributed by atoms with Gasteiger partial charge in [0, 0.05) is 25.0 Å². The highest BCUT2D eigenvalue weighted by atomic mass is 16.1. The van der Waals surface area contributed by atoms with Crippen LogP contribution in [0.2, 0.25) is 0 Å². The van der Waals surface area contributed by atoms with Crippen LogP contribution >= 0.6 is 0 Å². The highest BCUT2D eigenvalue weighted by Crippen LogP contribution is 2.08. The van der Waals surface area contributed by atoms with Gasteiger partial charge in [0.15, 0.2) is 0 Å². The number of hydrogen-bond donors (Lipinski definition) is 1. The Hall–Kier alpha value is -2.62. The Bertz CT molecular complexity index is 595. The summed E-state index contributed by atoms with van der Waals surface area (Å²) in [5.74, 6) is -0.0979. The molecule has 2 aromatic rings. The van der Waals surface area contributed by atoms with Gasteiger partial charge in [-0.25, -0.2) is 4.68 Å². The summed E-state index contributed by atoms with van der Waals surface area (Å²) in [5, 5.41) is 6.99. The molecule has 0 saturated heterocycles. The number of rotatable bonds is 5. The summed E-state index contributed by atoms with van der Waals surface area (Å²) in [6, 6.07) is 9.79. The molecule has 1 aromatic heterocycles. The third-order valence-electron chi connectivity index (χ3n) is 2.72. The van der Waals surface area contributed by atoms with Gasteiger partial charge in [0.2, 0.25) is 5.91 Å². The van der Waals surface area contributed by atoms with Crippen LogP contribution < -0.4 is 5.32 Å². The van der Waals surface area contributed by atoms with Crippen molar-refractivity contribution in [2.45, 2.75) is 13.5 Å². The lowest BCUT2D eigenvalue weighted by molar-refractivity contribution is -0.116. The van der Waals surface area contributed by atoms with Gasteiger partial charge in [-0.1, -0.05) is 30.4 Å². The third kappa shape index (κ3) is 3.95. The first-order valence-corrected chi connectivity index (χ1v) is 6.46. The lowest BCUT2D eigenvalue weighted by Gasteiger charge is -2.05. The zero-order chi connectivity index (χ0) is 14.2. The Kier molecular flexibility index (Phi) is 4.89. The van der Waals surface area contributed by atoms with Gasteiger partial charge in [-0.3, -0.25) is 4.79 Å². The summed E-state index contributed by atoms with van der Waals surface area (Å²) in [6.07, 6.45) is 10.6. The largest absolute Gasteiger partial charge is 0.348 e. The molecule has 0 fully saturated rings. The number of nitrogens with one attached hydrogen (secondary N) is 1. The van der Waals surface area contributed by atoms with Crippen LogP contribution in [0.15, 0.2) is 67.0 Å². The second kappa shape index (κ2) is 7.09. The molecule has 2 rings (SSSR count). The van der Waals surface area contributed by atoms with Gasteiger partial charge in [-0.2, -0.15) is 5.10 Å². The van der Waals surface area contributed by atoms with Crippen LogP contribution in [0.4, 0.5) is 0 Å². The van der Waals surface area contributed by atoms with Crippen molar-refractivity contribution in [2.75, 3.05) is 0 Å². The fraction of sp³-hybridized carbons (Fsp3) is 0.125. The van der Waals surface area contributed by atoms with Crippen LogP contribution in [0.5, 0.6) is 0 Å². The molecule has 0 spiro atoms. The molecule has 1 heterocycles. The Labute approximate surface area is 118 Å². The summed E-state index contributed by atoms with van der Waals surface area (Å²) in [6.45, 7) is 2.42. The standard InChI is InChI=1S/C16H17N3O/c1-2-3-4-6-16(20)17-13-14-7-9-15(10-8-14)19-12-5-11-18-19/h2-12H,13H2,1H3,(H,17,20). The first-order chi connectivity index (χ1) is 9.79. The van der Waals surface area contributed by atoms with Crippen molar-refractivity contribution in [3.8, 4) is 5.69 Å². The van der Waals surface area contributed by atoms with E-state index in [2.05, 4.69) is 10.4 Å². The number of benzene rings is 1. The number of allylic oxidation sites excluding steroid dienone is 3. The fourth-order valence-corrected chi connectivity index (χ4v) is 1.69. The predicted molar refractivity (Wildman–Crippen MR) is 79.4 cm³/mol. The van der Waals surface area contributed by atoms with Crippen LogP contribution in [-0.2, 0) is 11.3 Å². The minimum atomic E-state index is -0.0979. The molecule has 0 saturated carbocycles. The van der Waals surface area contributed by atoms with Gasteiger partial charge in [-0.15, -0.1) is 0 Å². The van der Waals surface area contributed by atoms with Gasteiger partial charge in [0.25, 0.3) is 0 Å². The van der Waals surface area contributed by atoms with Gasteiger partial charge < -0.3 is 5.32 Å². The highest BCUT2D eigenvalue weighted by molar-refractivity contribution is 5.87. The zero-order valence-corrected chi connectivity index (χ0v) is 11.4. The average molecular weight is 267 g/mol. The van der Waals surface area contributed by atoms with Crippen molar-refractivity contribution in [2.24, 2.45) is 0 Å². The molecular formula is C16H17N3O. The zero-order valence-electron chi connectivity index (χ0n) is 11.4. The molecule has 0 aliphatic rings. The van der Waals surface area contributed by atoms with E-state index in [-0.39, 0.29) is 5.91 Å². The van der Waals surface area contributed by atoms with E-state index < -0.39 is 0 Å². The van der Waals surface area contributed by atoms with E-state index in [1.54, 1.807) is 17.0 Å². The molecule has 0 aliphatic carbocycles. The maximum absolute atomic E-state index is 11.5. The van der Waals surface area contributed by atoms with Crippen molar-refractivity contribution >= 4 is 5.91 Å². The number of aromatic nitrogens is 2. The van der Waals surface area contributed by atoms with Crippen molar-refractivity contribution in [1.82, 2.24) is 15.1 Å². The SMILES string of the molecule is CC=CC=CC(=O)NCc1ccc(-n2cccn2)cc1. The van der Waals surface area contributed by atoms with Crippen LogP contribution in [0.1, 0.15) is 12.5 Å². The molecule has 0 aliphatic heterocycles. The van der Waals surface area contributed by atoms with Crippen molar-refractivity contribution in [3.63, 3.8) is 0 Å². The smallest absolute Gasteiger partial charge is 0.244 e. The lowest BCUT2D eigenvalue weighted by atomic mass is 10.2. The minimum absolute atomic E-state index is 0.0979. The normalized spacial score (nSPS) is 11.2. The molecule has 4 nitrogen and oxygen atoms in total. The summed E-state index contributed by atoms with van der Waals surface area (Å²) in [7, 11) is 0. The van der Waals surface area contributed by atoms with Crippen LogP contribution in [0.3, 0.4) is 0 Å². The second-order valence-electron chi connectivity index (χ2n) is 4.22. The summed E-state index contributed by atoms with van der Waals surface area (Å²) < 4.78 is 1.79. The molecule has 4 heteroatoms. The first kappa shape index (κ1) is 13.8. The first-order valence-electron chi connectivity index (χ1n) is 6.46. The minimum Gasteiger partial charge on any atom is -0.348 e. The monoisotopic (exact) mass is 267 g/mol. The van der Waals surface area contributed by atoms with E-state index in [1.165, 1.54) is 6.08 Å². The maximum atomic E-state index is 11.5. The molecule has 102 valence electrons. The molecule has 0 bridgehead atoms. The van der Waals surface area contributed by atoms with E-state index >= 15 is 0 Å². The summed E-state index contributed by atoms with van der Waals surface area (Å²) in [4.78, 5) is 11.5. The number of carbonyl (C=O) groups is 1. The van der Waals surface area contributed by atoms with Gasteiger partial charge in [0.1, 0.15) is 0 Å². The van der Waals surface area contributed by atoms with E-state index in [4.69, 9.17) is 0 Å². The number of amides is 1. The van der Waals surface area contributed by atoms with Gasteiger partial charge in [-0.05, 0) is 30.7 Å². The molecule has 1 amide bonds. The second-order valence-corrected chi connectivity index (χ2v) is 4.22. The Morgan fingerprint density at radius 3 is 2.75 bits per heavy atom. The molecule has 0 radical (unpaired) electrons. The number of nitrogens with zero attached hydrogens (tertiary/aromatic N) is 2. The van der Waals surface area contributed by atoms with Crippen molar-refractivity contribution < 1.29 is 4.79 Å². The quantitative estimate of drug-likeness (QED) is 0.668. The topological polar surface area (TPSA) is 46.9 Å². The van der Waals surface area contributed by atoms with Crippen molar-refractivity contribution in [3.05, 3.63) is 72.6 Å². The van der Waals surface area contributed by atoms with Crippen LogP contribution in [-0.4, -0.2) is 15.7 Å². The molecule has 1 aromatic carbocycles. The summed E-state index contributed by atoms with van der Waals surface area (Å²) >= 11 is 0. The summed E-state index contributed by atoms with van der Waals surface area (Å²) in [5.41, 5.74) is 2.05. The van der Waals surface area contributed by atoms with Crippen LogP contribution in [0, 0.1) is 0 Å². The molecule has 0 unspecified atom stereocenters. The average Bonchev–Trinajstić information content (AvgIpc) is 3.00. The third-order valence-corrected chi connectivity index (χ3v) is 2.72. The molecular weight excluding hydrogens is 250 g/mol. The number of hydrogen-bond acceptors (Lipinski definition) is 2. The van der Waals surface area contributed by atoms with E-state index in [0.717, 1.165) is 11.3 Å². The Balaban J connectivity index is 1.90. The highest BCUT2D eigenvalue weighted by Gasteiger charge is 1.98. The number of carbonyl (C=O) groups excluding carboxylic acids is 1. The maximum Gasteiger partial charge on any atom is 0.244 e. The van der Waals surface area contributed by atoms with E-state index in [1.807, 2.05) is 55.6 Å².